The van der Waals surface area contributed by atoms with E-state index in [2.05, 4.69) is 20.6 Å². The number of fused-ring (bicyclic) bond motifs is 1. The monoisotopic (exact) mass is 291 g/mol. The second-order valence-electron chi connectivity index (χ2n) is 5.05. The summed E-state index contributed by atoms with van der Waals surface area (Å²) in [5.41, 5.74) is 0.672. The molecule has 0 amide bonds. The van der Waals surface area contributed by atoms with Crippen molar-refractivity contribution in [2.75, 3.05) is 24.3 Å². The molecule has 1 unspecified atom stereocenters. The first-order valence-electron chi connectivity index (χ1n) is 6.98. The van der Waals surface area contributed by atoms with E-state index < -0.39 is 6.04 Å². The van der Waals surface area contributed by atoms with E-state index in [0.717, 1.165) is 12.4 Å². The lowest BCUT2D eigenvalue weighted by atomic mass is 10.0. The summed E-state index contributed by atoms with van der Waals surface area (Å²) in [5, 5.41) is 6.31. The first-order chi connectivity index (χ1) is 10.1. The topological polar surface area (TPSA) is 80.5 Å². The van der Waals surface area contributed by atoms with E-state index >= 15 is 0 Å². The third kappa shape index (κ3) is 3.24. The Morgan fingerprint density at radius 2 is 2.24 bits per heavy atom. The minimum atomic E-state index is -0.472. The zero-order valence-electron chi connectivity index (χ0n) is 12.8. The summed E-state index contributed by atoms with van der Waals surface area (Å²) < 4.78 is 6.71. The molecule has 0 saturated heterocycles. The lowest BCUT2D eigenvalue weighted by molar-refractivity contribution is -0.142. The highest BCUT2D eigenvalue weighted by molar-refractivity contribution is 5.81. The van der Waals surface area contributed by atoms with Gasteiger partial charge in [-0.1, -0.05) is 13.8 Å². The lowest BCUT2D eigenvalue weighted by Crippen LogP contribution is -2.36. The molecule has 0 fully saturated rings. The number of nitrogens with zero attached hydrogens (tertiary/aromatic N) is 3. The minimum absolute atomic E-state index is 0.0667. The van der Waals surface area contributed by atoms with Crippen LogP contribution in [0.5, 0.6) is 0 Å². The van der Waals surface area contributed by atoms with E-state index in [4.69, 9.17) is 4.74 Å². The van der Waals surface area contributed by atoms with E-state index in [-0.39, 0.29) is 11.9 Å². The molecule has 2 aromatic heterocycles. The van der Waals surface area contributed by atoms with Crippen molar-refractivity contribution in [2.24, 2.45) is 5.92 Å². The number of imidazole rings is 1. The summed E-state index contributed by atoms with van der Waals surface area (Å²) in [6.45, 7) is 6.66. The number of methoxy groups -OCH3 is 1. The van der Waals surface area contributed by atoms with Crippen molar-refractivity contribution < 1.29 is 9.53 Å². The van der Waals surface area contributed by atoms with Crippen molar-refractivity contribution >= 4 is 23.3 Å². The predicted molar refractivity (Wildman–Crippen MR) is 81.4 cm³/mol. The average molecular weight is 291 g/mol. The molecule has 0 spiro atoms. The van der Waals surface area contributed by atoms with E-state index in [1.165, 1.54) is 7.11 Å². The highest BCUT2D eigenvalue weighted by Gasteiger charge is 2.24. The SMILES string of the molecule is CCNc1cn2ccnc2c(NC(C(=O)OC)C(C)C)n1. The van der Waals surface area contributed by atoms with Crippen LogP contribution in [-0.2, 0) is 9.53 Å². The number of carbonyl (C=O) groups is 1. The Balaban J connectivity index is 2.39. The van der Waals surface area contributed by atoms with Crippen LogP contribution in [0.15, 0.2) is 18.6 Å². The van der Waals surface area contributed by atoms with Crippen LogP contribution in [0.1, 0.15) is 20.8 Å². The van der Waals surface area contributed by atoms with Gasteiger partial charge in [-0.15, -0.1) is 0 Å². The van der Waals surface area contributed by atoms with Crippen LogP contribution in [0, 0.1) is 5.92 Å². The van der Waals surface area contributed by atoms with Gasteiger partial charge in [-0.25, -0.2) is 14.8 Å². The predicted octanol–water partition coefficient (Wildman–Crippen LogP) is 1.77. The van der Waals surface area contributed by atoms with Gasteiger partial charge in [0.15, 0.2) is 11.5 Å². The van der Waals surface area contributed by atoms with Gasteiger partial charge in [0, 0.05) is 18.9 Å². The Morgan fingerprint density at radius 1 is 1.48 bits per heavy atom. The number of hydrogen-bond acceptors (Lipinski definition) is 6. The molecule has 7 heteroatoms. The summed E-state index contributed by atoms with van der Waals surface area (Å²) in [5.74, 6) is 1.03. The number of anilines is 2. The smallest absolute Gasteiger partial charge is 0.328 e. The van der Waals surface area contributed by atoms with Gasteiger partial charge in [-0.3, -0.25) is 0 Å². The molecule has 0 radical (unpaired) electrons. The average Bonchev–Trinajstić information content (AvgIpc) is 2.92. The van der Waals surface area contributed by atoms with Crippen LogP contribution in [0.3, 0.4) is 0 Å². The zero-order chi connectivity index (χ0) is 15.4. The molecule has 2 N–H and O–H groups in total. The third-order valence-corrected chi connectivity index (χ3v) is 3.15. The van der Waals surface area contributed by atoms with Crippen LogP contribution in [-0.4, -0.2) is 40.0 Å². The quantitative estimate of drug-likeness (QED) is 0.790. The second-order valence-corrected chi connectivity index (χ2v) is 5.05. The van der Waals surface area contributed by atoms with E-state index in [0.29, 0.717) is 11.5 Å². The molecule has 1 atom stereocenters. The van der Waals surface area contributed by atoms with E-state index in [9.17, 15) is 4.79 Å². The number of hydrogen-bond donors (Lipinski definition) is 2. The Kier molecular flexibility index (Phi) is 4.62. The number of carbonyl (C=O) groups excluding carboxylic acids is 1. The van der Waals surface area contributed by atoms with Gasteiger partial charge in [0.2, 0.25) is 0 Å². The van der Waals surface area contributed by atoms with Crippen molar-refractivity contribution in [3.63, 3.8) is 0 Å². The van der Waals surface area contributed by atoms with E-state index in [1.54, 1.807) is 6.20 Å². The Hall–Kier alpha value is -2.31. The van der Waals surface area contributed by atoms with Gasteiger partial charge in [0.1, 0.15) is 11.9 Å². The second kappa shape index (κ2) is 6.43. The standard InChI is InChI=1S/C14H21N5O2/c1-5-15-10-8-19-7-6-16-13(19)12(17-10)18-11(9(2)3)14(20)21-4/h6-9,11,15H,5H2,1-4H3,(H,17,18). The number of ether oxygens (including phenoxy) is 1. The third-order valence-electron chi connectivity index (χ3n) is 3.15. The molecule has 114 valence electrons. The van der Waals surface area contributed by atoms with Crippen molar-refractivity contribution in [3.8, 4) is 0 Å². The number of esters is 1. The molecular weight excluding hydrogens is 270 g/mol. The zero-order valence-corrected chi connectivity index (χ0v) is 12.8. The fraction of sp³-hybridized carbons (Fsp3) is 0.500. The maximum atomic E-state index is 11.9. The van der Waals surface area contributed by atoms with Crippen LogP contribution >= 0.6 is 0 Å². The Bertz CT molecular complexity index is 623. The van der Waals surface area contributed by atoms with Gasteiger partial charge < -0.3 is 19.8 Å². The first kappa shape index (κ1) is 15.1. The van der Waals surface area contributed by atoms with Gasteiger partial charge in [0.05, 0.1) is 13.3 Å². The summed E-state index contributed by atoms with van der Waals surface area (Å²) >= 11 is 0. The summed E-state index contributed by atoms with van der Waals surface area (Å²) in [4.78, 5) is 20.7. The maximum Gasteiger partial charge on any atom is 0.328 e. The van der Waals surface area contributed by atoms with Gasteiger partial charge >= 0.3 is 5.97 Å². The number of aromatic nitrogens is 3. The maximum absolute atomic E-state index is 11.9. The largest absolute Gasteiger partial charge is 0.467 e. The molecule has 0 aliphatic rings. The molecule has 2 heterocycles. The van der Waals surface area contributed by atoms with Crippen molar-refractivity contribution in [1.29, 1.82) is 0 Å². The fourth-order valence-electron chi connectivity index (χ4n) is 2.07. The first-order valence-corrected chi connectivity index (χ1v) is 6.98. The van der Waals surface area contributed by atoms with Crippen LogP contribution < -0.4 is 10.6 Å². The highest BCUT2D eigenvalue weighted by atomic mass is 16.5. The molecule has 2 rings (SSSR count). The summed E-state index contributed by atoms with van der Waals surface area (Å²) in [6, 6.07) is -0.472. The number of rotatable bonds is 6. The number of nitrogens with one attached hydrogen (secondary N) is 2. The summed E-state index contributed by atoms with van der Waals surface area (Å²) in [6.07, 6.45) is 5.39. The molecule has 2 aromatic rings. The van der Waals surface area contributed by atoms with E-state index in [1.807, 2.05) is 37.6 Å². The molecule has 0 saturated carbocycles. The fourth-order valence-corrected chi connectivity index (χ4v) is 2.07. The van der Waals surface area contributed by atoms with Crippen LogP contribution in [0.2, 0.25) is 0 Å². The van der Waals surface area contributed by atoms with Gasteiger partial charge in [0.25, 0.3) is 0 Å². The normalized spacial score (nSPS) is 12.4. The molecule has 0 aliphatic carbocycles. The van der Waals surface area contributed by atoms with Crippen molar-refractivity contribution in [1.82, 2.24) is 14.4 Å². The molecule has 0 aromatic carbocycles. The van der Waals surface area contributed by atoms with Crippen molar-refractivity contribution in [2.45, 2.75) is 26.8 Å². The minimum Gasteiger partial charge on any atom is -0.467 e. The molecule has 7 nitrogen and oxygen atoms in total. The molecular formula is C14H21N5O2. The Morgan fingerprint density at radius 3 is 2.86 bits per heavy atom. The van der Waals surface area contributed by atoms with Gasteiger partial charge in [-0.2, -0.15) is 0 Å². The summed E-state index contributed by atoms with van der Waals surface area (Å²) in [7, 11) is 1.38. The molecule has 0 aliphatic heterocycles. The van der Waals surface area contributed by atoms with Gasteiger partial charge in [-0.05, 0) is 12.8 Å². The molecule has 21 heavy (non-hydrogen) atoms. The van der Waals surface area contributed by atoms with Crippen LogP contribution in [0.25, 0.3) is 5.65 Å². The lowest BCUT2D eigenvalue weighted by Gasteiger charge is -2.21. The molecule has 0 bridgehead atoms. The Labute approximate surface area is 123 Å². The highest BCUT2D eigenvalue weighted by Crippen LogP contribution is 2.19. The van der Waals surface area contributed by atoms with Crippen molar-refractivity contribution in [3.05, 3.63) is 18.6 Å². The van der Waals surface area contributed by atoms with Crippen LogP contribution in [0.4, 0.5) is 11.6 Å².